The first-order chi connectivity index (χ1) is 58.2. The van der Waals surface area contributed by atoms with Crippen molar-refractivity contribution in [2.24, 2.45) is 0 Å². The zero-order valence-electron chi connectivity index (χ0n) is 73.0. The van der Waals surface area contributed by atoms with Crippen LogP contribution in [0.2, 0.25) is 0 Å². The summed E-state index contributed by atoms with van der Waals surface area (Å²) >= 11 is 0. The molecule has 6 aromatic carbocycles. The van der Waals surface area contributed by atoms with Gasteiger partial charge in [0.15, 0.2) is 23.0 Å². The molecule has 0 atom stereocenters. The summed E-state index contributed by atoms with van der Waals surface area (Å²) in [7, 11) is 0. The largest absolute Gasteiger partial charge is 0.448 e. The molecule has 8 nitrogen and oxygen atoms in total. The maximum Gasteiger partial charge on any atom is 0.251 e. The predicted octanol–water partition coefficient (Wildman–Crippen LogP) is 34.7. The van der Waals surface area contributed by atoms with Gasteiger partial charge < -0.3 is 28.9 Å². The van der Waals surface area contributed by atoms with E-state index in [4.69, 9.17) is 28.9 Å². The van der Waals surface area contributed by atoms with Crippen LogP contribution in [-0.2, 0) is 0 Å². The molecule has 13 rings (SSSR count). The molecule has 4 aliphatic heterocycles. The molecule has 9 aromatic rings. The van der Waals surface area contributed by atoms with Crippen molar-refractivity contribution in [1.82, 2.24) is 19.9 Å². The van der Waals surface area contributed by atoms with Gasteiger partial charge in [-0.2, -0.15) is 0 Å². The van der Waals surface area contributed by atoms with Crippen LogP contribution < -0.4 is 18.9 Å². The minimum atomic E-state index is -0.734. The third kappa shape index (κ3) is 24.2. The van der Waals surface area contributed by atoms with Gasteiger partial charge in [-0.1, -0.05) is 407 Å². The molecular formula is C110H142N4O4. The van der Waals surface area contributed by atoms with Gasteiger partial charge in [0.1, 0.15) is 0 Å². The van der Waals surface area contributed by atoms with Crippen molar-refractivity contribution in [3.8, 4) is 68.0 Å². The molecule has 0 aliphatic carbocycles. The van der Waals surface area contributed by atoms with Crippen LogP contribution in [0, 0.1) is 0 Å². The van der Waals surface area contributed by atoms with Gasteiger partial charge in [0, 0.05) is 91.5 Å². The van der Waals surface area contributed by atoms with Crippen molar-refractivity contribution in [3.63, 3.8) is 0 Å². The zero-order valence-corrected chi connectivity index (χ0v) is 73.0. The van der Waals surface area contributed by atoms with Gasteiger partial charge in [-0.15, -0.1) is 0 Å². The number of ether oxygens (including phenoxy) is 4. The van der Waals surface area contributed by atoms with Gasteiger partial charge in [-0.05, 0) is 120 Å². The normalized spacial score (nSPS) is 13.6. The fourth-order valence-corrected chi connectivity index (χ4v) is 18.6. The van der Waals surface area contributed by atoms with Gasteiger partial charge in [-0.3, -0.25) is 0 Å². The molecule has 8 bridgehead atoms. The topological polar surface area (TPSA) is 94.3 Å². The number of hydrogen-bond acceptors (Lipinski definition) is 6. The monoisotopic (exact) mass is 1580 g/mol. The molecular weight excluding hydrogens is 1440 g/mol. The van der Waals surface area contributed by atoms with Gasteiger partial charge in [0.25, 0.3) is 11.6 Å². The van der Waals surface area contributed by atoms with E-state index in [1.807, 2.05) is 12.2 Å². The van der Waals surface area contributed by atoms with Crippen LogP contribution in [0.1, 0.15) is 369 Å². The van der Waals surface area contributed by atoms with E-state index < -0.39 is 11.6 Å². The van der Waals surface area contributed by atoms with E-state index in [1.54, 1.807) is 0 Å². The third-order valence-corrected chi connectivity index (χ3v) is 25.8. The number of nitrogens with zero attached hydrogens (tertiary/aromatic N) is 2. The summed E-state index contributed by atoms with van der Waals surface area (Å²) in [6.07, 6.45) is 73.2. The highest BCUT2D eigenvalue weighted by Gasteiger charge is 2.43. The van der Waals surface area contributed by atoms with Crippen LogP contribution >= 0.6 is 0 Å². The van der Waals surface area contributed by atoms with Crippen molar-refractivity contribution in [2.75, 3.05) is 0 Å². The van der Waals surface area contributed by atoms with Crippen molar-refractivity contribution >= 4 is 80.1 Å². The molecule has 0 saturated carbocycles. The maximum absolute atomic E-state index is 7.42. The molecule has 7 heterocycles. The highest BCUT2D eigenvalue weighted by atomic mass is 16.7. The van der Waals surface area contributed by atoms with Crippen LogP contribution in [0.25, 0.3) is 125 Å². The average molecular weight is 1580 g/mol. The molecule has 2 N–H and O–H groups in total. The first kappa shape index (κ1) is 87.0. The van der Waals surface area contributed by atoms with Crippen LogP contribution in [0.15, 0.2) is 147 Å². The van der Waals surface area contributed by atoms with Crippen LogP contribution in [0.3, 0.4) is 0 Å². The summed E-state index contributed by atoms with van der Waals surface area (Å²) < 4.78 is 29.6. The molecule has 0 radical (unpaired) electrons. The number of unbranched alkanes of at least 4 members (excludes halogenated alkanes) is 40. The van der Waals surface area contributed by atoms with Crippen LogP contribution in [-0.4, -0.2) is 31.5 Å². The number of aromatic amines is 2. The van der Waals surface area contributed by atoms with E-state index in [-0.39, 0.29) is 0 Å². The molecule has 0 fully saturated rings. The summed E-state index contributed by atoms with van der Waals surface area (Å²) in [4.78, 5) is 19.6. The van der Waals surface area contributed by atoms with Gasteiger partial charge in [-0.25, -0.2) is 9.97 Å². The summed E-state index contributed by atoms with van der Waals surface area (Å²) in [6.45, 7) is 17.3. The molecule has 0 spiro atoms. The molecule has 8 heteroatoms. The molecule has 0 amide bonds. The third-order valence-electron chi connectivity index (χ3n) is 25.8. The lowest BCUT2D eigenvalue weighted by atomic mass is 9.98. The van der Waals surface area contributed by atoms with Crippen molar-refractivity contribution < 1.29 is 18.9 Å². The fourth-order valence-electron chi connectivity index (χ4n) is 18.6. The molecule has 4 aliphatic rings. The SMILES string of the molecule is C=Cc1ccc(/C=C/c2ccc3c4cc5nc(cc6[nH]c(cc7nc(cc([nH]4)c3c2)-c2cc3c(cc2-7)OC(CCCCCCCCCCCCC)(CCCCCCCCCCCCC)O3)c2cc(/C=C/c3ccc(C=C)cc3)ccc62)-c2cc3c(cc2-5)OC(CCCCCCCCCCCCC)(CCCCCCCCCCCCC)O3)cc1. The van der Waals surface area contributed by atoms with Gasteiger partial charge >= 0.3 is 0 Å². The molecule has 118 heavy (non-hydrogen) atoms. The van der Waals surface area contributed by atoms with E-state index >= 15 is 0 Å². The first-order valence-electron chi connectivity index (χ1n) is 47.7. The fraction of sp³-hybridized carbons (Fsp3) is 0.491. The summed E-state index contributed by atoms with van der Waals surface area (Å²) in [5, 5.41) is 4.37. The summed E-state index contributed by atoms with van der Waals surface area (Å²) in [5.41, 5.74) is 18.0. The second-order valence-electron chi connectivity index (χ2n) is 35.3. The minimum Gasteiger partial charge on any atom is -0.448 e. The molecule has 0 unspecified atom stereocenters. The lowest BCUT2D eigenvalue weighted by Crippen LogP contribution is -2.38. The maximum atomic E-state index is 7.42. The molecule has 3 aromatic heterocycles. The summed E-state index contributed by atoms with van der Waals surface area (Å²) in [5.74, 6) is 1.77. The van der Waals surface area contributed by atoms with Gasteiger partial charge in [0.05, 0.1) is 22.8 Å². The minimum absolute atomic E-state index is 0.727. The Labute approximate surface area is 710 Å². The molecule has 0 saturated heterocycles. The lowest BCUT2D eigenvalue weighted by Gasteiger charge is -2.28. The van der Waals surface area contributed by atoms with Crippen LogP contribution in [0.5, 0.6) is 23.0 Å². The Hall–Kier alpha value is -8.88. The standard InChI is InChI=1S/C110H142N4O4/c1-7-13-17-21-25-29-33-37-41-45-49-69-109(70-50-46-42-38-34-30-26-22-18-14-8-2)115-105-75-93-94(76-106(105)116-109)102-80-98-90-68-66-88(64-62-86-59-55-84(12-6)56-60-86)74-92(90)100(112-98)82-104-96-78-108-107(117-110(118-108,71-51-47-43-39-35-31-27-23-19-15-9-3)72-52-48-44-40-36-32-28-24-20-16-10-4)77-95(96)103(114-104)81-99-91-73-87(63-61-85-57-53-83(11-5)54-58-85)65-67-89(91)97(111-99)79-101(93)113-102/h11-12,53-68,73-82,111-112H,5-10,13-52,69-72H2,1-4H3/b63-61+,64-62+,97-79?,98-80?,99-81?,100-82?,101-79?,102-80?,103-81?,104-82?. The number of nitrogens with one attached hydrogen (secondary N) is 2. The van der Waals surface area contributed by atoms with E-state index in [0.717, 1.165) is 196 Å². The van der Waals surface area contributed by atoms with Gasteiger partial charge in [0.2, 0.25) is 0 Å². The van der Waals surface area contributed by atoms with Crippen LogP contribution in [0.4, 0.5) is 0 Å². The Morgan fingerprint density at radius 2 is 0.458 bits per heavy atom. The molecule has 626 valence electrons. The number of H-pyrrole nitrogens is 2. The average Bonchev–Trinajstić information content (AvgIpc) is 1.58. The Bertz CT molecular complexity index is 4610. The number of hydrogen-bond donors (Lipinski definition) is 2. The van der Waals surface area contributed by atoms with Crippen molar-refractivity contribution in [3.05, 3.63) is 180 Å². The van der Waals surface area contributed by atoms with Crippen molar-refractivity contribution in [1.29, 1.82) is 0 Å². The quantitative estimate of drug-likeness (QED) is 0.0291. The Morgan fingerprint density at radius 1 is 0.246 bits per heavy atom. The lowest BCUT2D eigenvalue weighted by molar-refractivity contribution is -0.0953. The number of rotatable bonds is 54. The highest BCUT2D eigenvalue weighted by Crippen LogP contribution is 2.53. The van der Waals surface area contributed by atoms with E-state index in [9.17, 15) is 0 Å². The van der Waals surface area contributed by atoms with Crippen molar-refractivity contribution in [2.45, 2.75) is 347 Å². The Morgan fingerprint density at radius 3 is 0.703 bits per heavy atom. The number of fused-ring (bicyclic) bond motifs is 22. The highest BCUT2D eigenvalue weighted by molar-refractivity contribution is 6.11. The number of benzene rings is 6. The number of aromatic nitrogens is 4. The predicted molar refractivity (Wildman–Crippen MR) is 508 cm³/mol. The summed E-state index contributed by atoms with van der Waals surface area (Å²) in [6, 6.07) is 49.0. The van der Waals surface area contributed by atoms with E-state index in [1.165, 1.54) is 257 Å². The van der Waals surface area contributed by atoms with E-state index in [2.05, 4.69) is 209 Å². The zero-order chi connectivity index (χ0) is 81.4. The second-order valence-corrected chi connectivity index (χ2v) is 35.3. The smallest absolute Gasteiger partial charge is 0.251 e. The van der Waals surface area contributed by atoms with E-state index in [0.29, 0.717) is 0 Å². The Kier molecular flexibility index (Phi) is 33.5. The second kappa shape index (κ2) is 45.5. The first-order valence-corrected chi connectivity index (χ1v) is 47.7. The Balaban J connectivity index is 0.890.